The lowest BCUT2D eigenvalue weighted by Crippen LogP contribution is -2.11. The Hall–Kier alpha value is -1.07. The van der Waals surface area contributed by atoms with Crippen LogP contribution in [0.25, 0.3) is 0 Å². The highest BCUT2D eigenvalue weighted by molar-refractivity contribution is 5.23. The predicted molar refractivity (Wildman–Crippen MR) is 44.9 cm³/mol. The first kappa shape index (κ1) is 11.0. The lowest BCUT2D eigenvalue weighted by atomic mass is 10.0. The van der Waals surface area contributed by atoms with Crippen LogP contribution in [0.2, 0.25) is 0 Å². The number of benzene rings is 1. The molecule has 1 atom stereocenters. The van der Waals surface area contributed by atoms with Crippen LogP contribution in [0.1, 0.15) is 18.4 Å². The van der Waals surface area contributed by atoms with Gasteiger partial charge in [0, 0.05) is 5.92 Å². The SMILES string of the molecule is CC(CON)c1ccc(F)c(F)c1F. The Balaban J connectivity index is 3.04. The zero-order chi connectivity index (χ0) is 10.7. The first-order valence-electron chi connectivity index (χ1n) is 4.03. The summed E-state index contributed by atoms with van der Waals surface area (Å²) in [5, 5.41) is 0. The second kappa shape index (κ2) is 4.43. The van der Waals surface area contributed by atoms with Crippen molar-refractivity contribution in [3.05, 3.63) is 35.1 Å². The average molecular weight is 205 g/mol. The Morgan fingerprint density at radius 1 is 1.29 bits per heavy atom. The molecule has 0 bridgehead atoms. The molecule has 1 aromatic rings. The summed E-state index contributed by atoms with van der Waals surface area (Å²) in [5.41, 5.74) is 0.0503. The summed E-state index contributed by atoms with van der Waals surface area (Å²) in [6.45, 7) is 1.64. The predicted octanol–water partition coefficient (Wildman–Crippen LogP) is 2.10. The molecule has 0 saturated heterocycles. The summed E-state index contributed by atoms with van der Waals surface area (Å²) >= 11 is 0. The van der Waals surface area contributed by atoms with Gasteiger partial charge >= 0.3 is 0 Å². The highest BCUT2D eigenvalue weighted by Crippen LogP contribution is 2.22. The fourth-order valence-corrected chi connectivity index (χ4v) is 1.16. The molecular formula is C9H10F3NO. The number of hydrogen-bond donors (Lipinski definition) is 1. The van der Waals surface area contributed by atoms with Crippen LogP contribution in [0.5, 0.6) is 0 Å². The fraction of sp³-hybridized carbons (Fsp3) is 0.333. The molecule has 0 aliphatic rings. The third-order valence-corrected chi connectivity index (χ3v) is 1.94. The molecule has 0 saturated carbocycles. The van der Waals surface area contributed by atoms with Crippen molar-refractivity contribution in [3.8, 4) is 0 Å². The van der Waals surface area contributed by atoms with Crippen molar-refractivity contribution in [2.24, 2.45) is 5.90 Å². The molecular weight excluding hydrogens is 195 g/mol. The van der Waals surface area contributed by atoms with E-state index in [4.69, 9.17) is 5.90 Å². The maximum Gasteiger partial charge on any atom is 0.194 e. The first-order valence-corrected chi connectivity index (χ1v) is 4.03. The second-order valence-electron chi connectivity index (χ2n) is 3.00. The summed E-state index contributed by atoms with van der Waals surface area (Å²) in [6.07, 6.45) is 0. The van der Waals surface area contributed by atoms with E-state index in [0.717, 1.165) is 6.07 Å². The molecule has 0 fully saturated rings. The summed E-state index contributed by atoms with van der Waals surface area (Å²) in [6, 6.07) is 2.05. The highest BCUT2D eigenvalue weighted by Gasteiger charge is 2.17. The molecule has 0 aliphatic carbocycles. The van der Waals surface area contributed by atoms with Crippen molar-refractivity contribution >= 4 is 0 Å². The molecule has 0 amide bonds. The van der Waals surface area contributed by atoms with Gasteiger partial charge in [0.2, 0.25) is 0 Å². The van der Waals surface area contributed by atoms with Crippen molar-refractivity contribution in [2.45, 2.75) is 12.8 Å². The van der Waals surface area contributed by atoms with Gasteiger partial charge in [-0.25, -0.2) is 19.1 Å². The molecule has 0 aliphatic heterocycles. The van der Waals surface area contributed by atoms with Crippen LogP contribution in [0.15, 0.2) is 12.1 Å². The molecule has 0 aromatic heterocycles. The quantitative estimate of drug-likeness (QED) is 0.605. The average Bonchev–Trinajstić information content (AvgIpc) is 2.15. The minimum absolute atomic E-state index is 0.0436. The van der Waals surface area contributed by atoms with Gasteiger partial charge in [0.15, 0.2) is 17.5 Å². The van der Waals surface area contributed by atoms with E-state index in [1.54, 1.807) is 6.92 Å². The smallest absolute Gasteiger partial charge is 0.194 e. The standard InChI is InChI=1S/C9H10F3NO/c1-5(4-14-13)6-2-3-7(10)9(12)8(6)11/h2-3,5H,4,13H2,1H3. The Morgan fingerprint density at radius 3 is 2.50 bits per heavy atom. The van der Waals surface area contributed by atoms with Gasteiger partial charge in [0.25, 0.3) is 0 Å². The summed E-state index contributed by atoms with van der Waals surface area (Å²) in [4.78, 5) is 4.30. The van der Waals surface area contributed by atoms with Crippen molar-refractivity contribution < 1.29 is 18.0 Å². The minimum atomic E-state index is -1.47. The van der Waals surface area contributed by atoms with Crippen LogP contribution in [0, 0.1) is 17.5 Å². The molecule has 0 heterocycles. The van der Waals surface area contributed by atoms with Crippen LogP contribution in [0.3, 0.4) is 0 Å². The highest BCUT2D eigenvalue weighted by atomic mass is 19.2. The van der Waals surface area contributed by atoms with Gasteiger partial charge in [-0.15, -0.1) is 0 Å². The number of nitrogens with two attached hydrogens (primary N) is 1. The van der Waals surface area contributed by atoms with E-state index in [9.17, 15) is 13.2 Å². The Kier molecular flexibility index (Phi) is 3.49. The maximum absolute atomic E-state index is 13.1. The number of halogens is 3. The third-order valence-electron chi connectivity index (χ3n) is 1.94. The largest absolute Gasteiger partial charge is 0.304 e. The summed E-state index contributed by atoms with van der Waals surface area (Å²) in [5.74, 6) is 0.520. The van der Waals surface area contributed by atoms with Crippen molar-refractivity contribution in [2.75, 3.05) is 6.61 Å². The van der Waals surface area contributed by atoms with Crippen LogP contribution < -0.4 is 5.90 Å². The summed E-state index contributed by atoms with van der Waals surface area (Å²) in [7, 11) is 0. The number of hydrogen-bond acceptors (Lipinski definition) is 2. The number of rotatable bonds is 3. The van der Waals surface area contributed by atoms with Gasteiger partial charge < -0.3 is 4.84 Å². The van der Waals surface area contributed by atoms with E-state index in [0.29, 0.717) is 0 Å². The van der Waals surface area contributed by atoms with Gasteiger partial charge in [-0.2, -0.15) is 0 Å². The Bertz CT molecular complexity index is 330. The van der Waals surface area contributed by atoms with Gasteiger partial charge in [-0.05, 0) is 11.6 Å². The van der Waals surface area contributed by atoms with Crippen LogP contribution in [0.4, 0.5) is 13.2 Å². The van der Waals surface area contributed by atoms with Gasteiger partial charge in [-0.1, -0.05) is 13.0 Å². The second-order valence-corrected chi connectivity index (χ2v) is 3.00. The van der Waals surface area contributed by atoms with E-state index in [2.05, 4.69) is 4.84 Å². The summed E-state index contributed by atoms with van der Waals surface area (Å²) < 4.78 is 38.4. The van der Waals surface area contributed by atoms with E-state index in [1.807, 2.05) is 0 Å². The van der Waals surface area contributed by atoms with E-state index in [1.165, 1.54) is 6.07 Å². The topological polar surface area (TPSA) is 35.2 Å². The molecule has 5 heteroatoms. The van der Waals surface area contributed by atoms with Crippen molar-refractivity contribution in [3.63, 3.8) is 0 Å². The first-order chi connectivity index (χ1) is 6.57. The van der Waals surface area contributed by atoms with E-state index >= 15 is 0 Å². The molecule has 0 radical (unpaired) electrons. The molecule has 78 valence electrons. The molecule has 1 rings (SSSR count). The maximum atomic E-state index is 13.1. The molecule has 2 N–H and O–H groups in total. The van der Waals surface area contributed by atoms with Crippen LogP contribution in [-0.2, 0) is 4.84 Å². The molecule has 1 unspecified atom stereocenters. The van der Waals surface area contributed by atoms with Crippen molar-refractivity contribution in [1.29, 1.82) is 0 Å². The lowest BCUT2D eigenvalue weighted by molar-refractivity contribution is 0.125. The molecule has 2 nitrogen and oxygen atoms in total. The Labute approximate surface area is 79.4 Å². The lowest BCUT2D eigenvalue weighted by Gasteiger charge is -2.11. The normalized spacial score (nSPS) is 12.9. The fourth-order valence-electron chi connectivity index (χ4n) is 1.16. The third kappa shape index (κ3) is 2.05. The van der Waals surface area contributed by atoms with Crippen LogP contribution >= 0.6 is 0 Å². The van der Waals surface area contributed by atoms with Gasteiger partial charge in [0.05, 0.1) is 6.61 Å². The zero-order valence-electron chi connectivity index (χ0n) is 7.56. The monoisotopic (exact) mass is 205 g/mol. The molecule has 14 heavy (non-hydrogen) atoms. The minimum Gasteiger partial charge on any atom is -0.304 e. The van der Waals surface area contributed by atoms with E-state index < -0.39 is 23.4 Å². The molecule has 0 spiro atoms. The zero-order valence-corrected chi connectivity index (χ0v) is 7.56. The van der Waals surface area contributed by atoms with Crippen molar-refractivity contribution in [1.82, 2.24) is 0 Å². The van der Waals surface area contributed by atoms with Crippen LogP contribution in [-0.4, -0.2) is 6.61 Å². The molecule has 1 aromatic carbocycles. The Morgan fingerprint density at radius 2 is 1.93 bits per heavy atom. The van der Waals surface area contributed by atoms with Gasteiger partial charge in [-0.3, -0.25) is 0 Å². The van der Waals surface area contributed by atoms with Gasteiger partial charge in [0.1, 0.15) is 0 Å². The van der Waals surface area contributed by atoms with E-state index in [-0.39, 0.29) is 12.2 Å².